The van der Waals surface area contributed by atoms with Crippen molar-refractivity contribution >= 4 is 28.6 Å². The van der Waals surface area contributed by atoms with Crippen LogP contribution in [0.1, 0.15) is 35.9 Å². The van der Waals surface area contributed by atoms with Crippen LogP contribution in [0.5, 0.6) is 0 Å². The number of hydrogen-bond donors (Lipinski definition) is 2. The number of carboxylic acids is 1. The van der Waals surface area contributed by atoms with Crippen molar-refractivity contribution < 1.29 is 15.0 Å². The summed E-state index contributed by atoms with van der Waals surface area (Å²) in [4.78, 5) is 17.6. The van der Waals surface area contributed by atoms with Gasteiger partial charge in [0.15, 0.2) is 6.10 Å². The number of fused-ring (bicyclic) bond motifs is 1. The van der Waals surface area contributed by atoms with Gasteiger partial charge in [0.05, 0.1) is 17.6 Å². The van der Waals surface area contributed by atoms with Gasteiger partial charge in [0.1, 0.15) is 5.82 Å². The Hall–Kier alpha value is -3.19. The van der Waals surface area contributed by atoms with Crippen molar-refractivity contribution in [2.75, 3.05) is 13.1 Å². The molecule has 1 aromatic heterocycles. The summed E-state index contributed by atoms with van der Waals surface area (Å²) in [5, 5.41) is 18.2. The van der Waals surface area contributed by atoms with Crippen LogP contribution in [0.15, 0.2) is 78.9 Å². The second-order valence-corrected chi connectivity index (χ2v) is 8.80. The van der Waals surface area contributed by atoms with Gasteiger partial charge in [-0.05, 0) is 61.3 Å². The van der Waals surface area contributed by atoms with Gasteiger partial charge in [-0.1, -0.05) is 66.2 Å². The van der Waals surface area contributed by atoms with Gasteiger partial charge >= 0.3 is 5.97 Å². The fourth-order valence-corrected chi connectivity index (χ4v) is 4.24. The van der Waals surface area contributed by atoms with Crippen LogP contribution < -0.4 is 0 Å². The predicted molar refractivity (Wildman–Crippen MR) is 134 cm³/mol. The number of aliphatic hydroxyl groups is 1. The number of aliphatic carboxylic acids is 1. The summed E-state index contributed by atoms with van der Waals surface area (Å²) >= 11 is 6.01. The van der Waals surface area contributed by atoms with Gasteiger partial charge < -0.3 is 14.8 Å². The number of hydrogen-bond acceptors (Lipinski definition) is 4. The van der Waals surface area contributed by atoms with Gasteiger partial charge in [-0.25, -0.2) is 9.78 Å². The third-order valence-corrected chi connectivity index (χ3v) is 6.15. The van der Waals surface area contributed by atoms with Crippen molar-refractivity contribution in [3.8, 4) is 0 Å². The molecular weight excluding hydrogens is 450 g/mol. The Balaban J connectivity index is 0.000000210. The van der Waals surface area contributed by atoms with Crippen molar-refractivity contribution in [1.82, 2.24) is 14.5 Å². The number of aliphatic hydroxyl groups excluding tert-OH is 1. The summed E-state index contributed by atoms with van der Waals surface area (Å²) in [7, 11) is 0. The lowest BCUT2D eigenvalue weighted by atomic mass is 10.1. The molecule has 1 aliphatic heterocycles. The highest BCUT2D eigenvalue weighted by Crippen LogP contribution is 2.21. The largest absolute Gasteiger partial charge is 0.479 e. The number of benzene rings is 3. The molecule has 4 aromatic rings. The highest BCUT2D eigenvalue weighted by atomic mass is 35.5. The van der Waals surface area contributed by atoms with Crippen molar-refractivity contribution in [2.24, 2.45) is 0 Å². The summed E-state index contributed by atoms with van der Waals surface area (Å²) in [5.74, 6) is -0.0701. The Morgan fingerprint density at radius 1 is 0.912 bits per heavy atom. The number of rotatable bonds is 6. The molecule has 0 saturated carbocycles. The number of aromatic nitrogens is 2. The van der Waals surface area contributed by atoms with E-state index >= 15 is 0 Å². The first-order valence-electron chi connectivity index (χ1n) is 11.4. The van der Waals surface area contributed by atoms with Crippen molar-refractivity contribution in [3.05, 3.63) is 101 Å². The number of likely N-dealkylation sites (tertiary alicyclic amines) is 1. The topological polar surface area (TPSA) is 78.6 Å². The Kier molecular flexibility index (Phi) is 7.95. The lowest BCUT2D eigenvalue weighted by Gasteiger charge is -2.16. The Morgan fingerprint density at radius 2 is 1.56 bits per heavy atom. The molecule has 6 nitrogen and oxygen atoms in total. The fourth-order valence-electron chi connectivity index (χ4n) is 4.11. The highest BCUT2D eigenvalue weighted by Gasteiger charge is 2.17. The zero-order valence-corrected chi connectivity index (χ0v) is 19.6. The third kappa shape index (κ3) is 6.03. The second kappa shape index (κ2) is 11.3. The van der Waals surface area contributed by atoms with Gasteiger partial charge in [-0.15, -0.1) is 0 Å². The molecule has 7 heteroatoms. The first kappa shape index (κ1) is 24.0. The van der Waals surface area contributed by atoms with Gasteiger partial charge in [-0.3, -0.25) is 4.90 Å². The molecule has 0 radical (unpaired) electrons. The molecule has 1 atom stereocenters. The molecule has 0 aliphatic carbocycles. The minimum Gasteiger partial charge on any atom is -0.479 e. The molecule has 1 aliphatic rings. The SMILES string of the molecule is Clc1ccc(Cn2c(CN3CCCC3)nc3ccccc32)cc1.O=C(O)C(O)c1ccccc1. The Labute approximate surface area is 204 Å². The zero-order chi connectivity index (χ0) is 23.9. The van der Waals surface area contributed by atoms with E-state index in [4.69, 9.17) is 26.8 Å². The average molecular weight is 478 g/mol. The fraction of sp³-hybridized carbons (Fsp3) is 0.259. The third-order valence-electron chi connectivity index (χ3n) is 5.90. The number of halogens is 1. The average Bonchev–Trinajstić information content (AvgIpc) is 3.49. The van der Waals surface area contributed by atoms with Crippen molar-refractivity contribution in [2.45, 2.75) is 32.0 Å². The molecule has 2 N–H and O–H groups in total. The van der Waals surface area contributed by atoms with E-state index < -0.39 is 12.1 Å². The normalized spacial score (nSPS) is 14.5. The Bertz CT molecular complexity index is 1220. The summed E-state index contributed by atoms with van der Waals surface area (Å²) < 4.78 is 2.34. The van der Waals surface area contributed by atoms with E-state index in [2.05, 4.69) is 45.9 Å². The number of carboxylic acid groups (broad SMARTS) is 1. The predicted octanol–water partition coefficient (Wildman–Crippen LogP) is 5.14. The number of carbonyl (C=O) groups is 1. The molecule has 0 amide bonds. The zero-order valence-electron chi connectivity index (χ0n) is 18.8. The monoisotopic (exact) mass is 477 g/mol. The second-order valence-electron chi connectivity index (χ2n) is 8.36. The smallest absolute Gasteiger partial charge is 0.337 e. The molecule has 176 valence electrons. The molecule has 0 bridgehead atoms. The number of nitrogens with zero attached hydrogens (tertiary/aromatic N) is 3. The van der Waals surface area contributed by atoms with Crippen LogP contribution in [0.4, 0.5) is 0 Å². The van der Waals surface area contributed by atoms with Crippen LogP contribution in [0, 0.1) is 0 Å². The van der Waals surface area contributed by atoms with E-state index in [9.17, 15) is 4.79 Å². The number of para-hydroxylation sites is 2. The molecule has 3 aromatic carbocycles. The maximum absolute atomic E-state index is 10.2. The van der Waals surface area contributed by atoms with E-state index in [0.717, 1.165) is 29.5 Å². The minimum atomic E-state index is -1.41. The lowest BCUT2D eigenvalue weighted by molar-refractivity contribution is -0.146. The van der Waals surface area contributed by atoms with E-state index in [-0.39, 0.29) is 0 Å². The van der Waals surface area contributed by atoms with Crippen LogP contribution in [0.3, 0.4) is 0 Å². The molecular formula is C27H28ClN3O3. The molecule has 1 saturated heterocycles. The minimum absolute atomic E-state index is 0.403. The number of imidazole rings is 1. The van der Waals surface area contributed by atoms with Crippen LogP contribution in [-0.2, 0) is 17.9 Å². The maximum atomic E-state index is 10.2. The molecule has 2 heterocycles. The van der Waals surface area contributed by atoms with E-state index in [1.54, 1.807) is 30.3 Å². The van der Waals surface area contributed by atoms with E-state index in [1.807, 2.05) is 12.1 Å². The summed E-state index contributed by atoms with van der Waals surface area (Å²) in [6, 6.07) is 24.8. The Morgan fingerprint density at radius 3 is 2.24 bits per heavy atom. The van der Waals surface area contributed by atoms with E-state index in [0.29, 0.717) is 5.56 Å². The molecule has 1 fully saturated rings. The maximum Gasteiger partial charge on any atom is 0.337 e. The summed E-state index contributed by atoms with van der Waals surface area (Å²) in [5.41, 5.74) is 3.94. The quantitative estimate of drug-likeness (QED) is 0.402. The van der Waals surface area contributed by atoms with Crippen LogP contribution >= 0.6 is 11.6 Å². The van der Waals surface area contributed by atoms with Gasteiger partial charge in [0.25, 0.3) is 0 Å². The van der Waals surface area contributed by atoms with Crippen LogP contribution in [0.2, 0.25) is 5.02 Å². The van der Waals surface area contributed by atoms with Crippen molar-refractivity contribution in [3.63, 3.8) is 0 Å². The highest BCUT2D eigenvalue weighted by molar-refractivity contribution is 6.30. The first-order chi connectivity index (χ1) is 16.5. The summed E-state index contributed by atoms with van der Waals surface area (Å²) in [6.07, 6.45) is 1.20. The van der Waals surface area contributed by atoms with Gasteiger partial charge in [0, 0.05) is 11.6 Å². The van der Waals surface area contributed by atoms with Crippen molar-refractivity contribution in [1.29, 1.82) is 0 Å². The van der Waals surface area contributed by atoms with Crippen LogP contribution in [0.25, 0.3) is 11.0 Å². The standard InChI is InChI=1S/C19H20ClN3.C8H8O3/c20-16-9-7-15(8-10-16)13-23-18-6-2-1-5-17(18)21-19(23)14-22-11-3-4-12-22;9-7(8(10)11)6-4-2-1-3-5-6/h1-2,5-10H,3-4,11-14H2;1-5,7,9H,(H,10,11). The molecule has 0 spiro atoms. The summed E-state index contributed by atoms with van der Waals surface area (Å²) in [6.45, 7) is 4.14. The van der Waals surface area contributed by atoms with E-state index in [1.165, 1.54) is 37.0 Å². The molecule has 5 rings (SSSR count). The molecule has 34 heavy (non-hydrogen) atoms. The van der Waals surface area contributed by atoms with Gasteiger partial charge in [0.2, 0.25) is 0 Å². The first-order valence-corrected chi connectivity index (χ1v) is 11.8. The van der Waals surface area contributed by atoms with Crippen LogP contribution in [-0.4, -0.2) is 43.7 Å². The van der Waals surface area contributed by atoms with Gasteiger partial charge in [-0.2, -0.15) is 0 Å². The molecule has 1 unspecified atom stereocenters. The lowest BCUT2D eigenvalue weighted by Crippen LogP contribution is -2.21.